The predicted molar refractivity (Wildman–Crippen MR) is 78.2 cm³/mol. The van der Waals surface area contributed by atoms with Crippen molar-refractivity contribution in [1.82, 2.24) is 0 Å². The van der Waals surface area contributed by atoms with Crippen molar-refractivity contribution >= 4 is 33.0 Å². The molecule has 7 heteroatoms. The number of para-hydroxylation sites is 1. The number of hydrogen-bond donors (Lipinski definition) is 2. The molecule has 2 aromatic carbocycles. The van der Waals surface area contributed by atoms with Crippen molar-refractivity contribution in [2.45, 2.75) is 4.90 Å². The Morgan fingerprint density at radius 2 is 1.80 bits per heavy atom. The molecule has 0 unspecified atom stereocenters. The van der Waals surface area contributed by atoms with Gasteiger partial charge in [0.2, 0.25) is 0 Å². The fraction of sp³-hybridized carbons (Fsp3) is 0.0769. The van der Waals surface area contributed by atoms with Gasteiger partial charge in [0.1, 0.15) is 10.7 Å². The van der Waals surface area contributed by atoms with Gasteiger partial charge in [0.15, 0.2) is 0 Å². The van der Waals surface area contributed by atoms with Crippen molar-refractivity contribution in [3.63, 3.8) is 0 Å². The van der Waals surface area contributed by atoms with Crippen LogP contribution >= 0.6 is 11.6 Å². The minimum atomic E-state index is -3.91. The van der Waals surface area contributed by atoms with E-state index in [1.54, 1.807) is 25.2 Å². The van der Waals surface area contributed by atoms with Crippen molar-refractivity contribution in [3.05, 3.63) is 53.3 Å². The molecular formula is C13H12ClFN2O2S. The molecule has 20 heavy (non-hydrogen) atoms. The lowest BCUT2D eigenvalue weighted by molar-refractivity contribution is 0.599. The topological polar surface area (TPSA) is 58.2 Å². The highest BCUT2D eigenvalue weighted by molar-refractivity contribution is 7.92. The lowest BCUT2D eigenvalue weighted by Gasteiger charge is -2.12. The smallest absolute Gasteiger partial charge is 0.264 e. The van der Waals surface area contributed by atoms with Gasteiger partial charge >= 0.3 is 0 Å². The molecule has 0 aliphatic rings. The first-order valence-corrected chi connectivity index (χ1v) is 7.55. The molecule has 0 spiro atoms. The Kier molecular flexibility index (Phi) is 4.15. The average Bonchev–Trinajstić information content (AvgIpc) is 2.42. The Morgan fingerprint density at radius 1 is 1.10 bits per heavy atom. The maximum Gasteiger partial charge on any atom is 0.264 e. The van der Waals surface area contributed by atoms with E-state index in [9.17, 15) is 12.8 Å². The molecule has 0 saturated carbocycles. The van der Waals surface area contributed by atoms with E-state index in [2.05, 4.69) is 10.0 Å². The fourth-order valence-electron chi connectivity index (χ4n) is 1.68. The van der Waals surface area contributed by atoms with Crippen LogP contribution in [0.4, 0.5) is 15.8 Å². The van der Waals surface area contributed by atoms with E-state index in [-0.39, 0.29) is 15.6 Å². The molecule has 0 aromatic heterocycles. The molecule has 106 valence electrons. The first kappa shape index (κ1) is 14.6. The Bertz CT molecular complexity index is 735. The first-order valence-electron chi connectivity index (χ1n) is 5.68. The van der Waals surface area contributed by atoms with Gasteiger partial charge in [-0.3, -0.25) is 4.72 Å². The SMILES string of the molecule is CNc1ccccc1S(=O)(=O)Nc1cc(Cl)ccc1F. The third-order valence-electron chi connectivity index (χ3n) is 2.62. The zero-order valence-electron chi connectivity index (χ0n) is 10.5. The van der Waals surface area contributed by atoms with Crippen LogP contribution in [0, 0.1) is 5.82 Å². The van der Waals surface area contributed by atoms with Crippen molar-refractivity contribution < 1.29 is 12.8 Å². The summed E-state index contributed by atoms with van der Waals surface area (Å²) < 4.78 is 40.4. The van der Waals surface area contributed by atoms with E-state index in [0.717, 1.165) is 6.07 Å². The van der Waals surface area contributed by atoms with Crippen LogP contribution in [0.2, 0.25) is 5.02 Å². The standard InChI is InChI=1S/C13H12ClFN2O2S/c1-16-11-4-2-3-5-13(11)20(18,19)17-12-8-9(14)6-7-10(12)15/h2-8,16-17H,1H3. The number of rotatable bonds is 4. The maximum atomic E-state index is 13.6. The summed E-state index contributed by atoms with van der Waals surface area (Å²) in [6.45, 7) is 0. The summed E-state index contributed by atoms with van der Waals surface area (Å²) in [6.07, 6.45) is 0. The Balaban J connectivity index is 2.43. The predicted octanol–water partition coefficient (Wildman–Crippen LogP) is 3.32. The Morgan fingerprint density at radius 3 is 2.50 bits per heavy atom. The second-order valence-corrected chi connectivity index (χ2v) is 6.06. The van der Waals surface area contributed by atoms with E-state index < -0.39 is 15.8 Å². The highest BCUT2D eigenvalue weighted by Crippen LogP contribution is 2.26. The second-order valence-electron chi connectivity index (χ2n) is 3.98. The van der Waals surface area contributed by atoms with Crippen LogP contribution in [0.5, 0.6) is 0 Å². The molecule has 0 heterocycles. The monoisotopic (exact) mass is 314 g/mol. The van der Waals surface area contributed by atoms with Gasteiger partial charge < -0.3 is 5.32 Å². The van der Waals surface area contributed by atoms with Crippen molar-refractivity contribution in [1.29, 1.82) is 0 Å². The van der Waals surface area contributed by atoms with Gasteiger partial charge in [0.05, 0.1) is 11.4 Å². The summed E-state index contributed by atoms with van der Waals surface area (Å²) in [5, 5.41) is 3.02. The second kappa shape index (κ2) is 5.68. The summed E-state index contributed by atoms with van der Waals surface area (Å²) in [6, 6.07) is 9.99. The van der Waals surface area contributed by atoms with Crippen LogP contribution in [0.25, 0.3) is 0 Å². The number of halogens is 2. The largest absolute Gasteiger partial charge is 0.387 e. The summed E-state index contributed by atoms with van der Waals surface area (Å²) in [5.74, 6) is -0.695. The minimum absolute atomic E-state index is 0.0295. The maximum absolute atomic E-state index is 13.6. The highest BCUT2D eigenvalue weighted by Gasteiger charge is 2.19. The van der Waals surface area contributed by atoms with E-state index in [0.29, 0.717) is 5.69 Å². The van der Waals surface area contributed by atoms with E-state index in [1.807, 2.05) is 0 Å². The lowest BCUT2D eigenvalue weighted by Crippen LogP contribution is -2.15. The van der Waals surface area contributed by atoms with Crippen LogP contribution in [-0.4, -0.2) is 15.5 Å². The van der Waals surface area contributed by atoms with Crippen molar-refractivity contribution in [2.24, 2.45) is 0 Å². The number of hydrogen-bond acceptors (Lipinski definition) is 3. The van der Waals surface area contributed by atoms with Crippen LogP contribution in [-0.2, 0) is 10.0 Å². The zero-order valence-corrected chi connectivity index (χ0v) is 12.1. The molecule has 4 nitrogen and oxygen atoms in total. The number of benzene rings is 2. The first-order chi connectivity index (χ1) is 9.44. The molecule has 0 aliphatic carbocycles. The van der Waals surface area contributed by atoms with Gasteiger partial charge in [-0.15, -0.1) is 0 Å². The molecule has 2 aromatic rings. The molecule has 0 amide bonds. The van der Waals surface area contributed by atoms with Gasteiger partial charge in [-0.2, -0.15) is 0 Å². The van der Waals surface area contributed by atoms with Crippen LogP contribution in [0.3, 0.4) is 0 Å². The molecule has 0 bridgehead atoms. The summed E-state index contributed by atoms with van der Waals surface area (Å²) >= 11 is 5.74. The van der Waals surface area contributed by atoms with Crippen LogP contribution < -0.4 is 10.0 Å². The van der Waals surface area contributed by atoms with Gasteiger partial charge in [0.25, 0.3) is 10.0 Å². The third-order valence-corrected chi connectivity index (χ3v) is 4.28. The number of anilines is 2. The fourth-order valence-corrected chi connectivity index (χ4v) is 3.13. The summed E-state index contributed by atoms with van der Waals surface area (Å²) in [5.41, 5.74) is 0.228. The van der Waals surface area contributed by atoms with E-state index in [1.165, 1.54) is 18.2 Å². The molecule has 0 radical (unpaired) electrons. The Labute approximate surface area is 121 Å². The van der Waals surface area contributed by atoms with E-state index in [4.69, 9.17) is 11.6 Å². The zero-order chi connectivity index (χ0) is 14.8. The highest BCUT2D eigenvalue weighted by atomic mass is 35.5. The van der Waals surface area contributed by atoms with Gasteiger partial charge in [0, 0.05) is 12.1 Å². The molecule has 2 N–H and O–H groups in total. The van der Waals surface area contributed by atoms with Crippen molar-refractivity contribution in [2.75, 3.05) is 17.1 Å². The van der Waals surface area contributed by atoms with Gasteiger partial charge in [-0.05, 0) is 30.3 Å². The third kappa shape index (κ3) is 3.02. The van der Waals surface area contributed by atoms with E-state index >= 15 is 0 Å². The minimum Gasteiger partial charge on any atom is -0.387 e. The number of sulfonamides is 1. The number of nitrogens with one attached hydrogen (secondary N) is 2. The molecule has 0 saturated heterocycles. The normalized spacial score (nSPS) is 11.2. The molecule has 0 aliphatic heterocycles. The van der Waals surface area contributed by atoms with Crippen LogP contribution in [0.1, 0.15) is 0 Å². The molecular weight excluding hydrogens is 303 g/mol. The van der Waals surface area contributed by atoms with Crippen molar-refractivity contribution in [3.8, 4) is 0 Å². The van der Waals surface area contributed by atoms with Gasteiger partial charge in [-0.25, -0.2) is 12.8 Å². The summed E-state index contributed by atoms with van der Waals surface area (Å²) in [7, 11) is -2.30. The lowest BCUT2D eigenvalue weighted by atomic mass is 10.3. The average molecular weight is 315 g/mol. The molecule has 0 fully saturated rings. The quantitative estimate of drug-likeness (QED) is 0.910. The molecule has 0 atom stereocenters. The molecule has 2 rings (SSSR count). The Hall–Kier alpha value is -1.79. The summed E-state index contributed by atoms with van der Waals surface area (Å²) in [4.78, 5) is 0.0295. The van der Waals surface area contributed by atoms with Crippen LogP contribution in [0.15, 0.2) is 47.4 Å². The van der Waals surface area contributed by atoms with Gasteiger partial charge in [-0.1, -0.05) is 23.7 Å².